The van der Waals surface area contributed by atoms with E-state index in [1.54, 1.807) is 4.90 Å². The summed E-state index contributed by atoms with van der Waals surface area (Å²) in [6, 6.07) is 4.76. The Bertz CT molecular complexity index is 720. The number of rotatable bonds is 8. The third-order valence-corrected chi connectivity index (χ3v) is 5.60. The van der Waals surface area contributed by atoms with Crippen molar-refractivity contribution >= 4 is 21.6 Å². The fourth-order valence-corrected chi connectivity index (χ4v) is 3.91. The van der Waals surface area contributed by atoms with Crippen LogP contribution in [0.25, 0.3) is 0 Å². The molecule has 1 heterocycles. The predicted molar refractivity (Wildman–Crippen MR) is 91.6 cm³/mol. The molecule has 1 fully saturated rings. The Morgan fingerprint density at radius 1 is 1.36 bits per heavy atom. The summed E-state index contributed by atoms with van der Waals surface area (Å²) in [5.74, 6) is -0.0795. The molecule has 0 radical (unpaired) electrons. The van der Waals surface area contributed by atoms with Gasteiger partial charge in [0, 0.05) is 44.2 Å². The second-order valence-corrected chi connectivity index (χ2v) is 7.61. The van der Waals surface area contributed by atoms with Gasteiger partial charge in [0.2, 0.25) is 15.9 Å². The molecule has 25 heavy (non-hydrogen) atoms. The van der Waals surface area contributed by atoms with Gasteiger partial charge in [-0.1, -0.05) is 0 Å². The first-order valence-electron chi connectivity index (χ1n) is 8.03. The lowest BCUT2D eigenvalue weighted by Crippen LogP contribution is -2.42. The molecular weight excluding hydrogens is 348 g/mol. The van der Waals surface area contributed by atoms with Gasteiger partial charge in [-0.05, 0) is 32.0 Å². The van der Waals surface area contributed by atoms with E-state index in [0.29, 0.717) is 6.54 Å². The number of hydrogen-bond donors (Lipinski definition) is 2. The van der Waals surface area contributed by atoms with E-state index in [9.17, 15) is 23.3 Å². The molecule has 1 aliphatic heterocycles. The van der Waals surface area contributed by atoms with Crippen molar-refractivity contribution < 1.29 is 18.1 Å². The maximum Gasteiger partial charge on any atom is 0.269 e. The highest BCUT2D eigenvalue weighted by Gasteiger charge is 2.27. The van der Waals surface area contributed by atoms with E-state index in [4.69, 9.17) is 0 Å². The average Bonchev–Trinajstić information content (AvgIpc) is 3.03. The zero-order valence-corrected chi connectivity index (χ0v) is 14.8. The summed E-state index contributed by atoms with van der Waals surface area (Å²) >= 11 is 0. The number of nitrogens with zero attached hydrogens (tertiary/aromatic N) is 2. The predicted octanol–water partition coefficient (Wildman–Crippen LogP) is 0.474. The third-order valence-electron chi connectivity index (χ3n) is 4.13. The highest BCUT2D eigenvalue weighted by molar-refractivity contribution is 7.89. The molecule has 1 amide bonds. The zero-order valence-electron chi connectivity index (χ0n) is 14.0. The monoisotopic (exact) mass is 370 g/mol. The number of non-ortho nitro benzene ring substituents is 1. The Kier molecular flexibility index (Phi) is 6.45. The molecule has 1 atom stereocenters. The summed E-state index contributed by atoms with van der Waals surface area (Å²) in [5.41, 5.74) is -0.182. The molecule has 9 nitrogen and oxygen atoms in total. The van der Waals surface area contributed by atoms with Crippen molar-refractivity contribution in [3.63, 3.8) is 0 Å². The standard InChI is InChI=1S/C15H22N4O5S/c1-16-11-13-3-2-10-18(13)15(20)8-9-17-25(23,24)14-6-4-12(5-7-14)19(21)22/h4-7,13,16-17H,2-3,8-11H2,1H3. The number of carbonyl (C=O) groups is 1. The second-order valence-electron chi connectivity index (χ2n) is 5.84. The van der Waals surface area contributed by atoms with Crippen LogP contribution in [-0.2, 0) is 14.8 Å². The molecule has 0 saturated carbocycles. The second kappa shape index (κ2) is 8.37. The van der Waals surface area contributed by atoms with Gasteiger partial charge in [-0.15, -0.1) is 0 Å². The Morgan fingerprint density at radius 2 is 2.04 bits per heavy atom. The minimum absolute atomic E-state index is 0.0130. The lowest BCUT2D eigenvalue weighted by molar-refractivity contribution is -0.384. The van der Waals surface area contributed by atoms with Crippen LogP contribution in [0.3, 0.4) is 0 Å². The van der Waals surface area contributed by atoms with Crippen molar-refractivity contribution in [1.29, 1.82) is 0 Å². The minimum Gasteiger partial charge on any atom is -0.338 e. The number of hydrogen-bond acceptors (Lipinski definition) is 6. The molecule has 0 bridgehead atoms. The molecule has 2 N–H and O–H groups in total. The number of amides is 1. The van der Waals surface area contributed by atoms with Crippen molar-refractivity contribution in [2.45, 2.75) is 30.2 Å². The van der Waals surface area contributed by atoms with E-state index in [1.165, 1.54) is 12.1 Å². The number of sulfonamides is 1. The Labute approximate surface area is 146 Å². The van der Waals surface area contributed by atoms with Gasteiger partial charge in [-0.2, -0.15) is 0 Å². The van der Waals surface area contributed by atoms with Gasteiger partial charge in [0.25, 0.3) is 5.69 Å². The number of benzene rings is 1. The summed E-state index contributed by atoms with van der Waals surface area (Å²) in [5, 5.41) is 13.7. The van der Waals surface area contributed by atoms with Crippen molar-refractivity contribution in [2.75, 3.05) is 26.7 Å². The van der Waals surface area contributed by atoms with Gasteiger partial charge in [-0.3, -0.25) is 14.9 Å². The molecule has 1 saturated heterocycles. The molecule has 1 unspecified atom stereocenters. The number of likely N-dealkylation sites (tertiary alicyclic amines) is 1. The van der Waals surface area contributed by atoms with E-state index < -0.39 is 14.9 Å². The number of nitrogens with one attached hydrogen (secondary N) is 2. The van der Waals surface area contributed by atoms with Gasteiger partial charge in [-0.25, -0.2) is 13.1 Å². The van der Waals surface area contributed by atoms with Gasteiger partial charge in [0.1, 0.15) is 0 Å². The Hall–Kier alpha value is -2.04. The number of nitro benzene ring substituents is 1. The van der Waals surface area contributed by atoms with Gasteiger partial charge < -0.3 is 10.2 Å². The van der Waals surface area contributed by atoms with Crippen molar-refractivity contribution in [2.24, 2.45) is 0 Å². The van der Waals surface area contributed by atoms with Crippen LogP contribution in [0.5, 0.6) is 0 Å². The van der Waals surface area contributed by atoms with Gasteiger partial charge in [0.15, 0.2) is 0 Å². The van der Waals surface area contributed by atoms with Crippen LogP contribution in [-0.4, -0.2) is 56.9 Å². The third kappa shape index (κ3) is 4.97. The van der Waals surface area contributed by atoms with Crippen molar-refractivity contribution in [3.05, 3.63) is 34.4 Å². The highest BCUT2D eigenvalue weighted by atomic mass is 32.2. The first-order valence-corrected chi connectivity index (χ1v) is 9.51. The lowest BCUT2D eigenvalue weighted by atomic mass is 10.2. The molecule has 1 aromatic rings. The average molecular weight is 370 g/mol. The first kappa shape index (κ1) is 19.3. The van der Waals surface area contributed by atoms with E-state index in [1.807, 2.05) is 7.05 Å². The van der Waals surface area contributed by atoms with Gasteiger partial charge >= 0.3 is 0 Å². The molecule has 138 valence electrons. The topological polar surface area (TPSA) is 122 Å². The maximum atomic E-state index is 12.3. The summed E-state index contributed by atoms with van der Waals surface area (Å²) in [7, 11) is -1.97. The van der Waals surface area contributed by atoms with Crippen LogP contribution in [0.15, 0.2) is 29.2 Å². The van der Waals surface area contributed by atoms with Crippen molar-refractivity contribution in [3.8, 4) is 0 Å². The Morgan fingerprint density at radius 3 is 2.64 bits per heavy atom. The highest BCUT2D eigenvalue weighted by Crippen LogP contribution is 2.18. The SMILES string of the molecule is CNCC1CCCN1C(=O)CCNS(=O)(=O)c1ccc([N+](=O)[O-])cc1. The van der Waals surface area contributed by atoms with E-state index in [-0.39, 0.29) is 35.5 Å². The maximum absolute atomic E-state index is 12.3. The van der Waals surface area contributed by atoms with E-state index >= 15 is 0 Å². The largest absolute Gasteiger partial charge is 0.338 e. The molecule has 1 aromatic carbocycles. The van der Waals surface area contributed by atoms with E-state index in [2.05, 4.69) is 10.0 Å². The summed E-state index contributed by atoms with van der Waals surface area (Å²) in [4.78, 5) is 24.0. The van der Waals surface area contributed by atoms with E-state index in [0.717, 1.165) is 31.5 Å². The first-order chi connectivity index (χ1) is 11.8. The van der Waals surface area contributed by atoms with Crippen LogP contribution in [0.2, 0.25) is 0 Å². The summed E-state index contributed by atoms with van der Waals surface area (Å²) < 4.78 is 26.7. The molecule has 0 spiro atoms. The van der Waals surface area contributed by atoms with Crippen LogP contribution in [0.4, 0.5) is 5.69 Å². The number of carbonyl (C=O) groups excluding carboxylic acids is 1. The lowest BCUT2D eigenvalue weighted by Gasteiger charge is -2.24. The quantitative estimate of drug-likeness (QED) is 0.507. The molecule has 2 rings (SSSR count). The number of likely N-dealkylation sites (N-methyl/N-ethyl adjacent to an activating group) is 1. The normalized spacial score (nSPS) is 17.6. The molecule has 0 aliphatic carbocycles. The van der Waals surface area contributed by atoms with Crippen LogP contribution < -0.4 is 10.0 Å². The Balaban J connectivity index is 1.89. The van der Waals surface area contributed by atoms with Crippen molar-refractivity contribution in [1.82, 2.24) is 14.9 Å². The fourth-order valence-electron chi connectivity index (χ4n) is 2.88. The van der Waals surface area contributed by atoms with Crippen LogP contribution >= 0.6 is 0 Å². The van der Waals surface area contributed by atoms with Crippen LogP contribution in [0.1, 0.15) is 19.3 Å². The molecule has 1 aliphatic rings. The van der Waals surface area contributed by atoms with Gasteiger partial charge in [0.05, 0.1) is 9.82 Å². The zero-order chi connectivity index (χ0) is 18.4. The smallest absolute Gasteiger partial charge is 0.269 e. The summed E-state index contributed by atoms with van der Waals surface area (Å²) in [6.07, 6.45) is 1.97. The summed E-state index contributed by atoms with van der Waals surface area (Å²) in [6.45, 7) is 1.40. The molecule has 0 aromatic heterocycles. The minimum atomic E-state index is -3.80. The van der Waals surface area contributed by atoms with Crippen LogP contribution in [0, 0.1) is 10.1 Å². The fraction of sp³-hybridized carbons (Fsp3) is 0.533. The molecule has 10 heteroatoms. The molecular formula is C15H22N4O5S. The number of nitro groups is 1.